The van der Waals surface area contributed by atoms with E-state index in [0.717, 1.165) is 19.3 Å². The Kier molecular flexibility index (Phi) is 4.88. The molecule has 1 N–H and O–H groups in total. The number of nitrogens with zero attached hydrogens (tertiary/aromatic N) is 2. The van der Waals surface area contributed by atoms with Crippen molar-refractivity contribution in [3.63, 3.8) is 0 Å². The third-order valence-electron chi connectivity index (χ3n) is 1.88. The second kappa shape index (κ2) is 6.55. The minimum atomic E-state index is -0.120. The van der Waals surface area contributed by atoms with Crippen molar-refractivity contribution in [1.29, 1.82) is 0 Å². The molecule has 0 bridgehead atoms. The Bertz CT molecular complexity index is 343. The molecule has 0 saturated carbocycles. The van der Waals surface area contributed by atoms with Gasteiger partial charge in [0.15, 0.2) is 0 Å². The first-order valence-corrected chi connectivity index (χ1v) is 4.83. The summed E-state index contributed by atoms with van der Waals surface area (Å²) in [5.41, 5.74) is 0.530. The Labute approximate surface area is 89.1 Å². The predicted molar refractivity (Wildman–Crippen MR) is 57.0 cm³/mol. The van der Waals surface area contributed by atoms with Gasteiger partial charge in [-0.25, -0.2) is 0 Å². The standard InChI is InChI=1S/C11H13N3O/c1-2-3-4-5-7-12-11(15)10-6-8-13-14-9-10/h1,6,8-9H,3-5,7H2,(H,12,15). The first-order valence-electron chi connectivity index (χ1n) is 4.83. The maximum Gasteiger partial charge on any atom is 0.252 e. The van der Waals surface area contributed by atoms with Crippen molar-refractivity contribution in [2.45, 2.75) is 19.3 Å². The molecule has 0 aliphatic rings. The van der Waals surface area contributed by atoms with E-state index in [2.05, 4.69) is 21.4 Å². The van der Waals surface area contributed by atoms with Gasteiger partial charge in [0.05, 0.1) is 18.0 Å². The number of terminal acetylenes is 1. The summed E-state index contributed by atoms with van der Waals surface area (Å²) in [5, 5.41) is 10.0. The van der Waals surface area contributed by atoms with Crippen molar-refractivity contribution < 1.29 is 4.79 Å². The summed E-state index contributed by atoms with van der Waals surface area (Å²) in [6.45, 7) is 0.642. The molecular formula is C11H13N3O. The average Bonchev–Trinajstić information content (AvgIpc) is 2.30. The summed E-state index contributed by atoms with van der Waals surface area (Å²) >= 11 is 0. The highest BCUT2D eigenvalue weighted by molar-refractivity contribution is 5.93. The lowest BCUT2D eigenvalue weighted by atomic mass is 10.2. The van der Waals surface area contributed by atoms with E-state index in [1.807, 2.05) is 0 Å². The minimum Gasteiger partial charge on any atom is -0.352 e. The molecule has 0 atom stereocenters. The molecule has 4 heteroatoms. The number of carbonyl (C=O) groups is 1. The fourth-order valence-corrected chi connectivity index (χ4v) is 1.08. The fraction of sp³-hybridized carbons (Fsp3) is 0.364. The number of amides is 1. The van der Waals surface area contributed by atoms with E-state index in [1.54, 1.807) is 6.07 Å². The quantitative estimate of drug-likeness (QED) is 0.574. The molecule has 1 heterocycles. The van der Waals surface area contributed by atoms with Crippen LogP contribution in [0, 0.1) is 12.3 Å². The number of hydrogen-bond donors (Lipinski definition) is 1. The lowest BCUT2D eigenvalue weighted by Gasteiger charge is -2.03. The topological polar surface area (TPSA) is 54.9 Å². The average molecular weight is 203 g/mol. The number of aromatic nitrogens is 2. The van der Waals surface area contributed by atoms with Crippen LogP contribution in [0.15, 0.2) is 18.5 Å². The number of nitrogens with one attached hydrogen (secondary N) is 1. The Balaban J connectivity index is 2.23. The van der Waals surface area contributed by atoms with Gasteiger partial charge >= 0.3 is 0 Å². The first kappa shape index (κ1) is 11.2. The zero-order valence-electron chi connectivity index (χ0n) is 8.44. The van der Waals surface area contributed by atoms with Crippen LogP contribution in [0.5, 0.6) is 0 Å². The highest BCUT2D eigenvalue weighted by Gasteiger charge is 2.03. The van der Waals surface area contributed by atoms with Gasteiger partial charge < -0.3 is 5.32 Å². The number of unbranched alkanes of at least 4 members (excludes halogenated alkanes) is 2. The van der Waals surface area contributed by atoms with E-state index < -0.39 is 0 Å². The summed E-state index contributed by atoms with van der Waals surface area (Å²) in [4.78, 5) is 11.5. The van der Waals surface area contributed by atoms with Gasteiger partial charge in [0.1, 0.15) is 0 Å². The van der Waals surface area contributed by atoms with Gasteiger partial charge in [-0.15, -0.1) is 12.3 Å². The second-order valence-electron chi connectivity index (χ2n) is 3.05. The third kappa shape index (κ3) is 4.23. The molecule has 78 valence electrons. The molecule has 0 spiro atoms. The summed E-state index contributed by atoms with van der Waals surface area (Å²) < 4.78 is 0. The molecule has 1 aromatic rings. The smallest absolute Gasteiger partial charge is 0.252 e. The van der Waals surface area contributed by atoms with Crippen LogP contribution < -0.4 is 5.32 Å². The van der Waals surface area contributed by atoms with E-state index in [4.69, 9.17) is 6.42 Å². The number of hydrogen-bond acceptors (Lipinski definition) is 3. The van der Waals surface area contributed by atoms with Crippen molar-refractivity contribution in [3.05, 3.63) is 24.0 Å². The molecule has 0 radical (unpaired) electrons. The maximum absolute atomic E-state index is 11.5. The van der Waals surface area contributed by atoms with E-state index in [0.29, 0.717) is 12.1 Å². The van der Waals surface area contributed by atoms with Crippen LogP contribution in [-0.4, -0.2) is 22.6 Å². The molecule has 0 unspecified atom stereocenters. The van der Waals surface area contributed by atoms with Crippen LogP contribution in [0.1, 0.15) is 29.6 Å². The van der Waals surface area contributed by atoms with Crippen molar-refractivity contribution in [3.8, 4) is 12.3 Å². The molecule has 0 aliphatic carbocycles. The normalized spacial score (nSPS) is 9.27. The molecule has 0 aromatic carbocycles. The molecule has 1 aromatic heterocycles. The monoisotopic (exact) mass is 203 g/mol. The summed E-state index contributed by atoms with van der Waals surface area (Å²) in [6, 6.07) is 1.63. The Morgan fingerprint density at radius 2 is 2.33 bits per heavy atom. The van der Waals surface area contributed by atoms with Crippen molar-refractivity contribution in [1.82, 2.24) is 15.5 Å². The largest absolute Gasteiger partial charge is 0.352 e. The van der Waals surface area contributed by atoms with Crippen LogP contribution in [-0.2, 0) is 0 Å². The van der Waals surface area contributed by atoms with Crippen molar-refractivity contribution >= 4 is 5.91 Å². The van der Waals surface area contributed by atoms with Gasteiger partial charge in [0.25, 0.3) is 5.91 Å². The Morgan fingerprint density at radius 1 is 1.47 bits per heavy atom. The molecule has 0 saturated heterocycles. The summed E-state index contributed by atoms with van der Waals surface area (Å²) in [7, 11) is 0. The van der Waals surface area contributed by atoms with Gasteiger partial charge in [-0.05, 0) is 18.9 Å². The predicted octanol–water partition coefficient (Wildman–Crippen LogP) is 1.01. The van der Waals surface area contributed by atoms with Crippen LogP contribution >= 0.6 is 0 Å². The van der Waals surface area contributed by atoms with E-state index >= 15 is 0 Å². The van der Waals surface area contributed by atoms with Gasteiger partial charge in [-0.3, -0.25) is 4.79 Å². The zero-order chi connectivity index (χ0) is 10.9. The highest BCUT2D eigenvalue weighted by atomic mass is 16.1. The minimum absolute atomic E-state index is 0.120. The van der Waals surface area contributed by atoms with Crippen LogP contribution in [0.25, 0.3) is 0 Å². The molecule has 4 nitrogen and oxygen atoms in total. The Morgan fingerprint density at radius 3 is 3.00 bits per heavy atom. The number of carbonyl (C=O) groups excluding carboxylic acids is 1. The van der Waals surface area contributed by atoms with E-state index in [-0.39, 0.29) is 5.91 Å². The lowest BCUT2D eigenvalue weighted by molar-refractivity contribution is 0.0952. The zero-order valence-corrected chi connectivity index (χ0v) is 8.44. The van der Waals surface area contributed by atoms with Gasteiger partial charge in [0.2, 0.25) is 0 Å². The van der Waals surface area contributed by atoms with E-state index in [9.17, 15) is 4.79 Å². The molecule has 0 fully saturated rings. The third-order valence-corrected chi connectivity index (χ3v) is 1.88. The maximum atomic E-state index is 11.5. The van der Waals surface area contributed by atoms with Gasteiger partial charge in [-0.1, -0.05) is 0 Å². The molecule has 1 amide bonds. The summed E-state index contributed by atoms with van der Waals surface area (Å²) in [5.74, 6) is 2.44. The molecular weight excluding hydrogens is 190 g/mol. The van der Waals surface area contributed by atoms with Crippen LogP contribution in [0.4, 0.5) is 0 Å². The molecule has 0 aliphatic heterocycles. The van der Waals surface area contributed by atoms with Crippen molar-refractivity contribution in [2.24, 2.45) is 0 Å². The summed E-state index contributed by atoms with van der Waals surface area (Å²) in [6.07, 6.45) is 10.6. The number of rotatable bonds is 5. The Hall–Kier alpha value is -1.89. The second-order valence-corrected chi connectivity index (χ2v) is 3.05. The lowest BCUT2D eigenvalue weighted by Crippen LogP contribution is -2.24. The van der Waals surface area contributed by atoms with E-state index in [1.165, 1.54) is 12.4 Å². The van der Waals surface area contributed by atoms with Gasteiger partial charge in [-0.2, -0.15) is 10.2 Å². The van der Waals surface area contributed by atoms with Gasteiger partial charge in [0, 0.05) is 13.0 Å². The van der Waals surface area contributed by atoms with Crippen LogP contribution in [0.3, 0.4) is 0 Å². The first-order chi connectivity index (χ1) is 7.34. The molecule has 1 rings (SSSR count). The highest BCUT2D eigenvalue weighted by Crippen LogP contribution is 1.95. The SMILES string of the molecule is C#CCCCCNC(=O)c1ccnnc1. The van der Waals surface area contributed by atoms with Crippen molar-refractivity contribution in [2.75, 3.05) is 6.54 Å². The van der Waals surface area contributed by atoms with Crippen LogP contribution in [0.2, 0.25) is 0 Å². The fourth-order valence-electron chi connectivity index (χ4n) is 1.08. The molecule has 15 heavy (non-hydrogen) atoms.